The fourth-order valence-corrected chi connectivity index (χ4v) is 4.41. The maximum atomic E-state index is 5.19. The summed E-state index contributed by atoms with van der Waals surface area (Å²) in [5, 5.41) is 4.17. The molecule has 0 bridgehead atoms. The molecule has 0 atom stereocenters. The minimum Gasteiger partial charge on any atom is -0.252 e. The van der Waals surface area contributed by atoms with Crippen LogP contribution in [0.4, 0.5) is 0 Å². The fraction of sp³-hybridized carbons (Fsp3) is 0.435. The minimum absolute atomic E-state index is 1.01. The van der Waals surface area contributed by atoms with Gasteiger partial charge >= 0.3 is 0 Å². The first-order chi connectivity index (χ1) is 11.7. The van der Waals surface area contributed by atoms with E-state index in [-0.39, 0.29) is 0 Å². The van der Waals surface area contributed by atoms with Crippen LogP contribution in [-0.2, 0) is 32.1 Å². The van der Waals surface area contributed by atoms with Gasteiger partial charge in [-0.2, -0.15) is 0 Å². The van der Waals surface area contributed by atoms with Gasteiger partial charge in [-0.05, 0) is 59.7 Å². The third-order valence-corrected chi connectivity index (χ3v) is 5.42. The number of aryl methyl sites for hydroxylation is 4. The lowest BCUT2D eigenvalue weighted by Crippen LogP contribution is -2.07. The van der Waals surface area contributed by atoms with Gasteiger partial charge in [0, 0.05) is 16.5 Å². The summed E-state index contributed by atoms with van der Waals surface area (Å²) in [5.74, 6) is 0. The van der Waals surface area contributed by atoms with E-state index in [2.05, 4.69) is 58.9 Å². The molecule has 0 aliphatic carbocycles. The van der Waals surface area contributed by atoms with Gasteiger partial charge in [-0.25, -0.2) is 0 Å². The first-order valence-corrected chi connectivity index (χ1v) is 9.58. The summed E-state index contributed by atoms with van der Waals surface area (Å²) >= 11 is 0. The van der Waals surface area contributed by atoms with Crippen molar-refractivity contribution in [2.75, 3.05) is 0 Å². The predicted molar refractivity (Wildman–Crippen MR) is 106 cm³/mol. The standard InChI is InChI=1S/C23H29N/c1-6-15-17(8-3)22-18(9-4)16(7-2)21(10-5)24-23(22)20-14-12-11-13-19(15)20/h11-14H,6-10H2,1-5H3. The molecule has 3 rings (SSSR count). The second-order valence-corrected chi connectivity index (χ2v) is 6.51. The van der Waals surface area contributed by atoms with Crippen molar-refractivity contribution in [3.8, 4) is 0 Å². The molecule has 1 heteroatoms. The number of hydrogen-bond acceptors (Lipinski definition) is 1. The van der Waals surface area contributed by atoms with Crippen LogP contribution in [0.15, 0.2) is 24.3 Å². The Hall–Kier alpha value is -1.89. The van der Waals surface area contributed by atoms with Crippen LogP contribution in [0.3, 0.4) is 0 Å². The lowest BCUT2D eigenvalue weighted by molar-refractivity contribution is 0.943. The van der Waals surface area contributed by atoms with Crippen LogP contribution in [0.25, 0.3) is 21.7 Å². The van der Waals surface area contributed by atoms with Crippen molar-refractivity contribution in [1.82, 2.24) is 4.98 Å². The van der Waals surface area contributed by atoms with E-state index >= 15 is 0 Å². The number of hydrogen-bond donors (Lipinski definition) is 0. The van der Waals surface area contributed by atoms with Gasteiger partial charge in [-0.3, -0.25) is 4.98 Å². The summed E-state index contributed by atoms with van der Waals surface area (Å²) in [6.45, 7) is 11.4. The number of nitrogens with zero attached hydrogens (tertiary/aromatic N) is 1. The molecule has 0 saturated carbocycles. The fourth-order valence-electron chi connectivity index (χ4n) is 4.41. The lowest BCUT2D eigenvalue weighted by atomic mass is 9.86. The first kappa shape index (κ1) is 17.0. The van der Waals surface area contributed by atoms with E-state index < -0.39 is 0 Å². The molecule has 0 amide bonds. The normalized spacial score (nSPS) is 11.5. The van der Waals surface area contributed by atoms with Crippen molar-refractivity contribution >= 4 is 21.7 Å². The topological polar surface area (TPSA) is 12.9 Å². The summed E-state index contributed by atoms with van der Waals surface area (Å²) in [4.78, 5) is 5.19. The number of aromatic nitrogens is 1. The van der Waals surface area contributed by atoms with Crippen molar-refractivity contribution < 1.29 is 0 Å². The molecule has 1 aromatic heterocycles. The summed E-state index contributed by atoms with van der Waals surface area (Å²) < 4.78 is 0. The van der Waals surface area contributed by atoms with Gasteiger partial charge in [0.1, 0.15) is 0 Å². The van der Waals surface area contributed by atoms with Gasteiger partial charge in [0.15, 0.2) is 0 Å². The average Bonchev–Trinajstić information content (AvgIpc) is 2.64. The van der Waals surface area contributed by atoms with E-state index in [9.17, 15) is 0 Å². The van der Waals surface area contributed by atoms with Crippen LogP contribution in [0.5, 0.6) is 0 Å². The van der Waals surface area contributed by atoms with E-state index in [1.807, 2.05) is 0 Å². The van der Waals surface area contributed by atoms with Crippen LogP contribution >= 0.6 is 0 Å². The van der Waals surface area contributed by atoms with Crippen molar-refractivity contribution in [1.29, 1.82) is 0 Å². The van der Waals surface area contributed by atoms with E-state index in [0.29, 0.717) is 0 Å². The monoisotopic (exact) mass is 319 g/mol. The van der Waals surface area contributed by atoms with Crippen LogP contribution < -0.4 is 0 Å². The number of rotatable bonds is 5. The Bertz CT molecular complexity index is 890. The number of pyridine rings is 1. The molecule has 0 N–H and O–H groups in total. The maximum absolute atomic E-state index is 5.19. The maximum Gasteiger partial charge on any atom is 0.0789 e. The summed E-state index contributed by atoms with van der Waals surface area (Å²) in [7, 11) is 0. The molecular formula is C23H29N. The molecule has 0 aliphatic rings. The van der Waals surface area contributed by atoms with Crippen LogP contribution in [0.2, 0.25) is 0 Å². The summed E-state index contributed by atoms with van der Waals surface area (Å²) in [6.07, 6.45) is 5.33. The molecule has 0 fully saturated rings. The van der Waals surface area contributed by atoms with E-state index in [0.717, 1.165) is 32.1 Å². The van der Waals surface area contributed by atoms with Crippen molar-refractivity contribution in [2.45, 2.75) is 66.7 Å². The molecular weight excluding hydrogens is 290 g/mol. The third-order valence-electron chi connectivity index (χ3n) is 5.42. The third kappa shape index (κ3) is 2.42. The molecule has 1 nitrogen and oxygen atoms in total. The Morgan fingerprint density at radius 3 is 1.71 bits per heavy atom. The zero-order valence-electron chi connectivity index (χ0n) is 15.8. The molecule has 2 aromatic carbocycles. The van der Waals surface area contributed by atoms with Crippen LogP contribution in [0.1, 0.15) is 62.6 Å². The highest BCUT2D eigenvalue weighted by atomic mass is 14.7. The van der Waals surface area contributed by atoms with Crippen LogP contribution in [0, 0.1) is 0 Å². The molecule has 24 heavy (non-hydrogen) atoms. The largest absolute Gasteiger partial charge is 0.252 e. The Kier molecular flexibility index (Phi) is 4.89. The number of fused-ring (bicyclic) bond motifs is 3. The molecule has 0 radical (unpaired) electrons. The van der Waals surface area contributed by atoms with E-state index in [4.69, 9.17) is 4.98 Å². The number of benzene rings is 2. The molecule has 1 heterocycles. The minimum atomic E-state index is 1.01. The smallest absolute Gasteiger partial charge is 0.0789 e. The highest BCUT2D eigenvalue weighted by Gasteiger charge is 2.19. The molecule has 0 unspecified atom stereocenters. The molecule has 126 valence electrons. The molecule has 0 saturated heterocycles. The van der Waals surface area contributed by atoms with Gasteiger partial charge in [-0.1, -0.05) is 58.9 Å². The Morgan fingerprint density at radius 1 is 0.625 bits per heavy atom. The highest BCUT2D eigenvalue weighted by molar-refractivity contribution is 6.10. The second-order valence-electron chi connectivity index (χ2n) is 6.51. The average molecular weight is 319 g/mol. The van der Waals surface area contributed by atoms with Crippen molar-refractivity contribution in [3.63, 3.8) is 0 Å². The zero-order valence-corrected chi connectivity index (χ0v) is 15.8. The lowest BCUT2D eigenvalue weighted by Gasteiger charge is -2.21. The van der Waals surface area contributed by atoms with Gasteiger partial charge < -0.3 is 0 Å². The predicted octanol–water partition coefficient (Wildman–Crippen LogP) is 6.20. The summed E-state index contributed by atoms with van der Waals surface area (Å²) in [6, 6.07) is 8.85. The SMILES string of the molecule is CCc1nc2c(c(CC)c1CC)c(CC)c(CC)c1ccccc12. The van der Waals surface area contributed by atoms with Crippen molar-refractivity contribution in [2.24, 2.45) is 0 Å². The molecule has 3 aromatic rings. The van der Waals surface area contributed by atoms with Gasteiger partial charge in [0.2, 0.25) is 0 Å². The van der Waals surface area contributed by atoms with Gasteiger partial charge in [-0.15, -0.1) is 0 Å². The quantitative estimate of drug-likeness (QED) is 0.510. The highest BCUT2D eigenvalue weighted by Crippen LogP contribution is 2.37. The zero-order chi connectivity index (χ0) is 17.3. The Balaban J connectivity index is 2.65. The van der Waals surface area contributed by atoms with Gasteiger partial charge in [0.25, 0.3) is 0 Å². The Labute approximate surface area is 146 Å². The van der Waals surface area contributed by atoms with E-state index in [1.54, 1.807) is 0 Å². The first-order valence-electron chi connectivity index (χ1n) is 9.58. The molecule has 0 spiro atoms. The molecule has 0 aliphatic heterocycles. The van der Waals surface area contributed by atoms with Crippen molar-refractivity contribution in [3.05, 3.63) is 52.2 Å². The van der Waals surface area contributed by atoms with Crippen LogP contribution in [-0.4, -0.2) is 4.98 Å². The second kappa shape index (κ2) is 6.93. The summed E-state index contributed by atoms with van der Waals surface area (Å²) in [5.41, 5.74) is 8.58. The van der Waals surface area contributed by atoms with E-state index in [1.165, 1.54) is 49.6 Å². The van der Waals surface area contributed by atoms with Gasteiger partial charge in [0.05, 0.1) is 5.52 Å². The Morgan fingerprint density at radius 2 is 1.17 bits per heavy atom.